The monoisotopic (exact) mass is 299 g/mol. The van der Waals surface area contributed by atoms with E-state index in [1.165, 1.54) is 42.4 Å². The number of carbonyl (C=O) groups excluding carboxylic acids is 1. The molecule has 1 aliphatic rings. The van der Waals surface area contributed by atoms with E-state index in [4.69, 9.17) is 0 Å². The Morgan fingerprint density at radius 3 is 2.84 bits per heavy atom. The molecule has 0 aliphatic heterocycles. The Bertz CT molecular complexity index is 391. The third-order valence-corrected chi connectivity index (χ3v) is 5.50. The molecule has 1 amide bonds. The summed E-state index contributed by atoms with van der Waals surface area (Å²) in [7, 11) is 0. The second-order valence-electron chi connectivity index (χ2n) is 4.88. The number of amides is 1. The maximum Gasteiger partial charge on any atom is 0.236 e. The van der Waals surface area contributed by atoms with Crippen molar-refractivity contribution < 1.29 is 4.79 Å². The van der Waals surface area contributed by atoms with Gasteiger partial charge in [-0.15, -0.1) is 10.2 Å². The molecule has 1 aromatic heterocycles. The van der Waals surface area contributed by atoms with Crippen LogP contribution in [0, 0.1) is 0 Å². The normalized spacial score (nSPS) is 18.2. The zero-order chi connectivity index (χ0) is 13.7. The van der Waals surface area contributed by atoms with E-state index in [2.05, 4.69) is 22.0 Å². The minimum absolute atomic E-state index is 0.0742. The van der Waals surface area contributed by atoms with Gasteiger partial charge < -0.3 is 4.90 Å². The van der Waals surface area contributed by atoms with Gasteiger partial charge in [-0.1, -0.05) is 42.4 Å². The topological polar surface area (TPSA) is 46.1 Å². The second kappa shape index (κ2) is 7.24. The van der Waals surface area contributed by atoms with E-state index in [0.29, 0.717) is 6.04 Å². The first-order valence-electron chi connectivity index (χ1n) is 6.95. The van der Waals surface area contributed by atoms with Crippen LogP contribution in [0.5, 0.6) is 0 Å². The molecule has 1 saturated carbocycles. The van der Waals surface area contributed by atoms with Crippen molar-refractivity contribution in [2.24, 2.45) is 0 Å². The minimum atomic E-state index is -0.0742. The Morgan fingerprint density at radius 1 is 1.53 bits per heavy atom. The quantitative estimate of drug-likeness (QED) is 0.783. The molecule has 2 rings (SSSR count). The molecule has 0 spiro atoms. The predicted octanol–water partition coefficient (Wildman–Crippen LogP) is 3.20. The lowest BCUT2D eigenvalue weighted by atomic mass is 9.94. The summed E-state index contributed by atoms with van der Waals surface area (Å²) in [6.45, 7) is 4.86. The Morgan fingerprint density at radius 2 is 2.26 bits per heavy atom. The molecule has 0 radical (unpaired) electrons. The third kappa shape index (κ3) is 3.92. The number of nitrogens with zero attached hydrogens (tertiary/aromatic N) is 3. The fourth-order valence-electron chi connectivity index (χ4n) is 2.64. The van der Waals surface area contributed by atoms with Crippen LogP contribution in [0.4, 0.5) is 0 Å². The van der Waals surface area contributed by atoms with Crippen LogP contribution in [-0.2, 0) is 4.79 Å². The molecule has 1 fully saturated rings. The molecule has 6 heteroatoms. The van der Waals surface area contributed by atoms with Gasteiger partial charge in [0, 0.05) is 12.6 Å². The van der Waals surface area contributed by atoms with Gasteiger partial charge in [-0.25, -0.2) is 0 Å². The van der Waals surface area contributed by atoms with Gasteiger partial charge in [0.2, 0.25) is 5.91 Å². The van der Waals surface area contributed by atoms with Crippen molar-refractivity contribution in [1.82, 2.24) is 15.1 Å². The highest BCUT2D eigenvalue weighted by Crippen LogP contribution is 2.28. The maximum absolute atomic E-state index is 12.6. The van der Waals surface area contributed by atoms with Crippen molar-refractivity contribution in [3.05, 3.63) is 5.51 Å². The molecule has 1 aromatic rings. The van der Waals surface area contributed by atoms with Crippen molar-refractivity contribution in [2.75, 3.05) is 6.54 Å². The standard InChI is InChI=1S/C13H21N3OS2/c1-3-16(11-7-5-4-6-8-11)12(17)10(2)19-13-15-14-9-18-13/h9-11H,3-8H2,1-2H3. The number of carbonyl (C=O) groups is 1. The molecule has 1 atom stereocenters. The molecule has 0 bridgehead atoms. The van der Waals surface area contributed by atoms with Gasteiger partial charge in [0.05, 0.1) is 5.25 Å². The van der Waals surface area contributed by atoms with Crippen LogP contribution >= 0.6 is 23.1 Å². The number of aromatic nitrogens is 2. The van der Waals surface area contributed by atoms with Crippen LogP contribution < -0.4 is 0 Å². The summed E-state index contributed by atoms with van der Waals surface area (Å²) in [5.74, 6) is 0.245. The zero-order valence-corrected chi connectivity index (χ0v) is 13.2. The summed E-state index contributed by atoms with van der Waals surface area (Å²) >= 11 is 3.01. The minimum Gasteiger partial charge on any atom is -0.339 e. The van der Waals surface area contributed by atoms with Crippen molar-refractivity contribution >= 4 is 29.0 Å². The maximum atomic E-state index is 12.6. The van der Waals surface area contributed by atoms with Crippen molar-refractivity contribution in [2.45, 2.75) is 61.6 Å². The number of rotatable bonds is 5. The lowest BCUT2D eigenvalue weighted by Crippen LogP contribution is -2.44. The number of hydrogen-bond acceptors (Lipinski definition) is 5. The van der Waals surface area contributed by atoms with E-state index in [0.717, 1.165) is 23.7 Å². The van der Waals surface area contributed by atoms with Crippen molar-refractivity contribution in [1.29, 1.82) is 0 Å². The Labute approximate surface area is 123 Å². The fourth-order valence-corrected chi connectivity index (χ4v) is 4.33. The molecule has 1 heterocycles. The number of thioether (sulfide) groups is 1. The highest BCUT2D eigenvalue weighted by Gasteiger charge is 2.28. The predicted molar refractivity (Wildman–Crippen MR) is 79.5 cm³/mol. The summed E-state index contributed by atoms with van der Waals surface area (Å²) < 4.78 is 0.876. The van der Waals surface area contributed by atoms with Gasteiger partial charge in [0.1, 0.15) is 5.51 Å². The molecule has 0 N–H and O–H groups in total. The summed E-state index contributed by atoms with van der Waals surface area (Å²) in [6.07, 6.45) is 6.15. The lowest BCUT2D eigenvalue weighted by molar-refractivity contribution is -0.133. The molecule has 19 heavy (non-hydrogen) atoms. The van der Waals surface area contributed by atoms with Gasteiger partial charge in [0.25, 0.3) is 0 Å². The second-order valence-corrected chi connectivity index (χ2v) is 7.30. The summed E-state index contributed by atoms with van der Waals surface area (Å²) in [4.78, 5) is 14.6. The van der Waals surface area contributed by atoms with Crippen molar-refractivity contribution in [3.63, 3.8) is 0 Å². The molecule has 4 nitrogen and oxygen atoms in total. The van der Waals surface area contributed by atoms with Crippen LogP contribution in [0.1, 0.15) is 46.0 Å². The van der Waals surface area contributed by atoms with Crippen LogP contribution in [0.25, 0.3) is 0 Å². The molecule has 1 aliphatic carbocycles. The van der Waals surface area contributed by atoms with E-state index in [1.807, 2.05) is 6.92 Å². The Balaban J connectivity index is 1.94. The van der Waals surface area contributed by atoms with Crippen LogP contribution in [-0.4, -0.2) is 38.8 Å². The van der Waals surface area contributed by atoms with E-state index >= 15 is 0 Å². The first kappa shape index (κ1) is 14.8. The Kier molecular flexibility index (Phi) is 5.63. The van der Waals surface area contributed by atoms with E-state index in [9.17, 15) is 4.79 Å². The molecule has 0 aromatic carbocycles. The molecule has 1 unspecified atom stereocenters. The average Bonchev–Trinajstić information content (AvgIpc) is 2.93. The van der Waals surface area contributed by atoms with Gasteiger partial charge in [-0.2, -0.15) is 0 Å². The molecular formula is C13H21N3OS2. The van der Waals surface area contributed by atoms with Gasteiger partial charge in [0.15, 0.2) is 4.34 Å². The van der Waals surface area contributed by atoms with E-state index in [-0.39, 0.29) is 11.2 Å². The van der Waals surface area contributed by atoms with E-state index in [1.54, 1.807) is 5.51 Å². The largest absolute Gasteiger partial charge is 0.339 e. The van der Waals surface area contributed by atoms with Gasteiger partial charge >= 0.3 is 0 Å². The summed E-state index contributed by atoms with van der Waals surface area (Å²) in [6, 6.07) is 0.448. The molecule has 0 saturated heterocycles. The smallest absolute Gasteiger partial charge is 0.236 e. The van der Waals surface area contributed by atoms with Crippen LogP contribution in [0.2, 0.25) is 0 Å². The number of hydrogen-bond donors (Lipinski definition) is 0. The first-order valence-corrected chi connectivity index (χ1v) is 8.71. The lowest BCUT2D eigenvalue weighted by Gasteiger charge is -2.35. The fraction of sp³-hybridized carbons (Fsp3) is 0.769. The third-order valence-electron chi connectivity index (χ3n) is 3.60. The van der Waals surface area contributed by atoms with Gasteiger partial charge in [-0.3, -0.25) is 4.79 Å². The Hall–Kier alpha value is -0.620. The summed E-state index contributed by atoms with van der Waals surface area (Å²) in [5.41, 5.74) is 1.71. The molecule has 106 valence electrons. The average molecular weight is 299 g/mol. The SMILES string of the molecule is CCN(C(=O)C(C)Sc1nncs1)C1CCCCC1. The van der Waals surface area contributed by atoms with E-state index < -0.39 is 0 Å². The van der Waals surface area contributed by atoms with Crippen molar-refractivity contribution in [3.8, 4) is 0 Å². The van der Waals surface area contributed by atoms with Gasteiger partial charge in [-0.05, 0) is 26.7 Å². The van der Waals surface area contributed by atoms with Crippen LogP contribution in [0.3, 0.4) is 0 Å². The molecular weight excluding hydrogens is 278 g/mol. The summed E-state index contributed by atoms with van der Waals surface area (Å²) in [5, 5.41) is 7.74. The highest BCUT2D eigenvalue weighted by molar-refractivity contribution is 8.02. The first-order chi connectivity index (χ1) is 9.22. The van der Waals surface area contributed by atoms with Crippen LogP contribution in [0.15, 0.2) is 9.85 Å². The highest BCUT2D eigenvalue weighted by atomic mass is 32.2. The zero-order valence-electron chi connectivity index (χ0n) is 11.5.